The Morgan fingerprint density at radius 3 is 2.65 bits per heavy atom. The Labute approximate surface area is 115 Å². The van der Waals surface area contributed by atoms with Crippen molar-refractivity contribution in [2.24, 2.45) is 5.92 Å². The van der Waals surface area contributed by atoms with Crippen molar-refractivity contribution in [3.63, 3.8) is 0 Å². The lowest BCUT2D eigenvalue weighted by Gasteiger charge is -2.29. The average molecular weight is 289 g/mol. The van der Waals surface area contributed by atoms with Crippen LogP contribution in [0.3, 0.4) is 0 Å². The number of ether oxygens (including phenoxy) is 1. The predicted molar refractivity (Wildman–Crippen MR) is 70.5 cm³/mol. The minimum absolute atomic E-state index is 0.257. The van der Waals surface area contributed by atoms with Crippen LogP contribution in [0, 0.1) is 5.92 Å². The standard InChI is InChI=1S/C13H18F3N3O/c1-19(8-9-2-4-20-5-3-9)11-6-12(13(14,15)16)18-7-10(11)17/h6-7,9H,2-5,8,17H2,1H3. The Hall–Kier alpha value is -1.50. The van der Waals surface area contributed by atoms with Gasteiger partial charge >= 0.3 is 6.18 Å². The van der Waals surface area contributed by atoms with E-state index < -0.39 is 11.9 Å². The van der Waals surface area contributed by atoms with Crippen molar-refractivity contribution < 1.29 is 17.9 Å². The molecule has 20 heavy (non-hydrogen) atoms. The first-order valence-corrected chi connectivity index (χ1v) is 6.49. The molecule has 2 N–H and O–H groups in total. The van der Waals surface area contributed by atoms with Gasteiger partial charge in [0.05, 0.1) is 17.6 Å². The van der Waals surface area contributed by atoms with Gasteiger partial charge in [-0.1, -0.05) is 0 Å². The van der Waals surface area contributed by atoms with Gasteiger partial charge in [0.15, 0.2) is 0 Å². The summed E-state index contributed by atoms with van der Waals surface area (Å²) < 4.78 is 43.3. The molecular formula is C13H18F3N3O. The molecule has 4 nitrogen and oxygen atoms in total. The largest absolute Gasteiger partial charge is 0.433 e. The van der Waals surface area contributed by atoms with Crippen molar-refractivity contribution >= 4 is 11.4 Å². The van der Waals surface area contributed by atoms with Crippen LogP contribution in [0.25, 0.3) is 0 Å². The van der Waals surface area contributed by atoms with Crippen LogP contribution >= 0.6 is 0 Å². The third kappa shape index (κ3) is 3.53. The van der Waals surface area contributed by atoms with Gasteiger partial charge in [0.25, 0.3) is 0 Å². The van der Waals surface area contributed by atoms with Crippen molar-refractivity contribution in [3.05, 3.63) is 18.0 Å². The van der Waals surface area contributed by atoms with Gasteiger partial charge in [-0.15, -0.1) is 0 Å². The Bertz CT molecular complexity index is 459. The van der Waals surface area contributed by atoms with Crippen LogP contribution < -0.4 is 10.6 Å². The van der Waals surface area contributed by atoms with E-state index in [1.54, 1.807) is 11.9 Å². The van der Waals surface area contributed by atoms with Gasteiger partial charge in [-0.05, 0) is 24.8 Å². The molecule has 112 valence electrons. The van der Waals surface area contributed by atoms with Crippen LogP contribution in [-0.4, -0.2) is 31.8 Å². The molecule has 0 radical (unpaired) electrons. The van der Waals surface area contributed by atoms with Crippen molar-refractivity contribution in [2.45, 2.75) is 19.0 Å². The van der Waals surface area contributed by atoms with Crippen molar-refractivity contribution in [1.82, 2.24) is 4.98 Å². The summed E-state index contributed by atoms with van der Waals surface area (Å²) >= 11 is 0. The SMILES string of the molecule is CN(CC1CCOCC1)c1cc(C(F)(F)F)ncc1N. The third-order valence-electron chi connectivity index (χ3n) is 3.49. The molecule has 1 saturated heterocycles. The second kappa shape index (κ2) is 5.87. The Morgan fingerprint density at radius 1 is 1.40 bits per heavy atom. The molecule has 0 amide bonds. The minimum Gasteiger partial charge on any atom is -0.396 e. The summed E-state index contributed by atoms with van der Waals surface area (Å²) in [6, 6.07) is 1.01. The smallest absolute Gasteiger partial charge is 0.396 e. The molecule has 0 bridgehead atoms. The normalized spacial score (nSPS) is 17.2. The van der Waals surface area contributed by atoms with E-state index in [1.807, 2.05) is 0 Å². The van der Waals surface area contributed by atoms with E-state index in [0.717, 1.165) is 25.1 Å². The van der Waals surface area contributed by atoms with Gasteiger partial charge in [-0.25, -0.2) is 4.98 Å². The van der Waals surface area contributed by atoms with E-state index in [-0.39, 0.29) is 5.69 Å². The fraction of sp³-hybridized carbons (Fsp3) is 0.615. The Kier molecular flexibility index (Phi) is 4.37. The zero-order valence-electron chi connectivity index (χ0n) is 11.3. The maximum Gasteiger partial charge on any atom is 0.433 e. The van der Waals surface area contributed by atoms with Crippen LogP contribution in [0.4, 0.5) is 24.5 Å². The van der Waals surface area contributed by atoms with Gasteiger partial charge in [0.2, 0.25) is 0 Å². The molecule has 1 aliphatic heterocycles. The number of halogens is 3. The highest BCUT2D eigenvalue weighted by atomic mass is 19.4. The van der Waals surface area contributed by atoms with E-state index in [4.69, 9.17) is 10.5 Å². The zero-order valence-corrected chi connectivity index (χ0v) is 11.3. The Morgan fingerprint density at radius 2 is 2.05 bits per heavy atom. The van der Waals surface area contributed by atoms with Crippen LogP contribution in [0.2, 0.25) is 0 Å². The number of hydrogen-bond acceptors (Lipinski definition) is 4. The fourth-order valence-corrected chi connectivity index (χ4v) is 2.36. The number of alkyl halides is 3. The summed E-state index contributed by atoms with van der Waals surface area (Å²) in [7, 11) is 1.75. The summed E-state index contributed by atoms with van der Waals surface area (Å²) in [4.78, 5) is 5.11. The maximum atomic E-state index is 12.7. The lowest BCUT2D eigenvalue weighted by molar-refractivity contribution is -0.141. The topological polar surface area (TPSA) is 51.4 Å². The maximum absolute atomic E-state index is 12.7. The number of nitrogens with zero attached hydrogens (tertiary/aromatic N) is 2. The van der Waals surface area contributed by atoms with Crippen molar-refractivity contribution in [2.75, 3.05) is 37.4 Å². The highest BCUT2D eigenvalue weighted by molar-refractivity contribution is 5.66. The minimum atomic E-state index is -4.46. The molecule has 1 aromatic rings. The van der Waals surface area contributed by atoms with E-state index in [9.17, 15) is 13.2 Å². The summed E-state index contributed by atoms with van der Waals surface area (Å²) in [6.07, 6.45) is -1.55. The second-order valence-corrected chi connectivity index (χ2v) is 5.06. The summed E-state index contributed by atoms with van der Waals surface area (Å²) in [5.74, 6) is 0.413. The lowest BCUT2D eigenvalue weighted by Crippen LogP contribution is -2.30. The van der Waals surface area contributed by atoms with Crippen molar-refractivity contribution in [1.29, 1.82) is 0 Å². The molecule has 0 atom stereocenters. The van der Waals surface area contributed by atoms with Gasteiger partial charge in [0.1, 0.15) is 5.69 Å². The first-order chi connectivity index (χ1) is 9.38. The van der Waals surface area contributed by atoms with Crippen LogP contribution in [-0.2, 0) is 10.9 Å². The summed E-state index contributed by atoms with van der Waals surface area (Å²) in [5.41, 5.74) is 5.46. The molecule has 7 heteroatoms. The molecule has 0 spiro atoms. The third-order valence-corrected chi connectivity index (χ3v) is 3.49. The molecule has 0 aliphatic carbocycles. The van der Waals surface area contributed by atoms with Crippen LogP contribution in [0.5, 0.6) is 0 Å². The highest BCUT2D eigenvalue weighted by Gasteiger charge is 2.33. The molecule has 1 aromatic heterocycles. The molecule has 2 heterocycles. The molecule has 1 aliphatic rings. The van der Waals surface area contributed by atoms with E-state index in [0.29, 0.717) is 31.4 Å². The first kappa shape index (κ1) is 14.9. The monoisotopic (exact) mass is 289 g/mol. The Balaban J connectivity index is 2.13. The number of rotatable bonds is 3. The van der Waals surface area contributed by atoms with Crippen LogP contribution in [0.1, 0.15) is 18.5 Å². The molecule has 0 aromatic carbocycles. The molecular weight excluding hydrogens is 271 g/mol. The number of nitrogens with two attached hydrogens (primary N) is 1. The number of hydrogen-bond donors (Lipinski definition) is 1. The molecule has 1 fully saturated rings. The zero-order chi connectivity index (χ0) is 14.8. The highest BCUT2D eigenvalue weighted by Crippen LogP contribution is 2.32. The number of anilines is 2. The van der Waals surface area contributed by atoms with Gasteiger partial charge in [-0.3, -0.25) is 0 Å². The lowest BCUT2D eigenvalue weighted by atomic mass is 9.99. The van der Waals surface area contributed by atoms with Gasteiger partial charge < -0.3 is 15.4 Å². The quantitative estimate of drug-likeness (QED) is 0.929. The van der Waals surface area contributed by atoms with E-state index in [2.05, 4.69) is 4.98 Å². The first-order valence-electron chi connectivity index (χ1n) is 6.49. The molecule has 2 rings (SSSR count). The fourth-order valence-electron chi connectivity index (χ4n) is 2.36. The molecule has 0 unspecified atom stereocenters. The second-order valence-electron chi connectivity index (χ2n) is 5.06. The number of pyridine rings is 1. The predicted octanol–water partition coefficient (Wildman–Crippen LogP) is 2.55. The van der Waals surface area contributed by atoms with Gasteiger partial charge in [-0.2, -0.15) is 13.2 Å². The van der Waals surface area contributed by atoms with Crippen LogP contribution in [0.15, 0.2) is 12.3 Å². The number of aromatic nitrogens is 1. The summed E-state index contributed by atoms with van der Waals surface area (Å²) in [6.45, 7) is 2.07. The average Bonchev–Trinajstić information content (AvgIpc) is 2.39. The number of nitrogen functional groups attached to an aromatic ring is 1. The summed E-state index contributed by atoms with van der Waals surface area (Å²) in [5, 5.41) is 0. The van der Waals surface area contributed by atoms with E-state index >= 15 is 0 Å². The molecule has 0 saturated carbocycles. The van der Waals surface area contributed by atoms with E-state index in [1.165, 1.54) is 0 Å². The van der Waals surface area contributed by atoms with Gasteiger partial charge in [0, 0.05) is 26.8 Å². The van der Waals surface area contributed by atoms with Crippen molar-refractivity contribution in [3.8, 4) is 0 Å².